The van der Waals surface area contributed by atoms with Crippen molar-refractivity contribution in [3.05, 3.63) is 58.6 Å². The maximum Gasteiger partial charge on any atom is 0.310 e. The summed E-state index contributed by atoms with van der Waals surface area (Å²) in [6.07, 6.45) is 0. The number of methoxy groups -OCH3 is 1. The molecular formula is C17H18N2O6. The Hall–Kier alpha value is -3.29. The second-order valence-corrected chi connectivity index (χ2v) is 4.86. The molecule has 2 aromatic carbocycles. The van der Waals surface area contributed by atoms with Crippen molar-refractivity contribution in [1.29, 1.82) is 0 Å². The molecule has 0 aromatic heterocycles. The third kappa shape index (κ3) is 5.38. The number of hydrogen-bond acceptors (Lipinski definition) is 6. The fraction of sp³-hybridized carbons (Fsp3) is 0.235. The highest BCUT2D eigenvalue weighted by Crippen LogP contribution is 2.26. The highest BCUT2D eigenvalue weighted by Gasteiger charge is 2.14. The van der Waals surface area contributed by atoms with Gasteiger partial charge in [-0.05, 0) is 18.2 Å². The lowest BCUT2D eigenvalue weighted by Crippen LogP contribution is -2.32. The molecule has 0 heterocycles. The van der Waals surface area contributed by atoms with Crippen LogP contribution >= 0.6 is 0 Å². The number of amides is 1. The number of carbonyl (C=O) groups is 1. The van der Waals surface area contributed by atoms with E-state index in [2.05, 4.69) is 5.32 Å². The van der Waals surface area contributed by atoms with Gasteiger partial charge < -0.3 is 19.5 Å². The van der Waals surface area contributed by atoms with Crippen LogP contribution in [0.5, 0.6) is 17.2 Å². The van der Waals surface area contributed by atoms with E-state index < -0.39 is 10.8 Å². The summed E-state index contributed by atoms with van der Waals surface area (Å²) in [6.45, 7) is 0.189. The van der Waals surface area contributed by atoms with E-state index in [-0.39, 0.29) is 31.2 Å². The minimum Gasteiger partial charge on any atom is -0.493 e. The lowest BCUT2D eigenvalue weighted by Gasteiger charge is -2.11. The topological polar surface area (TPSA) is 99.9 Å². The van der Waals surface area contributed by atoms with Gasteiger partial charge >= 0.3 is 5.69 Å². The van der Waals surface area contributed by atoms with Crippen molar-refractivity contribution >= 4 is 11.6 Å². The summed E-state index contributed by atoms with van der Waals surface area (Å²) in [5.41, 5.74) is -0.185. The van der Waals surface area contributed by atoms with Crippen molar-refractivity contribution in [1.82, 2.24) is 5.32 Å². The molecule has 1 amide bonds. The Balaban J connectivity index is 1.74. The van der Waals surface area contributed by atoms with E-state index in [1.54, 1.807) is 25.3 Å². The van der Waals surface area contributed by atoms with Gasteiger partial charge in [0.2, 0.25) is 0 Å². The van der Waals surface area contributed by atoms with E-state index in [0.29, 0.717) is 11.5 Å². The molecule has 2 rings (SSSR count). The number of nitrogens with one attached hydrogen (secondary N) is 1. The molecule has 0 radical (unpaired) electrons. The first-order valence-electron chi connectivity index (χ1n) is 7.50. The third-order valence-corrected chi connectivity index (χ3v) is 3.17. The number of nitro groups is 1. The second-order valence-electron chi connectivity index (χ2n) is 4.86. The molecule has 0 aliphatic heterocycles. The minimum atomic E-state index is -0.561. The maximum atomic E-state index is 11.7. The molecule has 8 nitrogen and oxygen atoms in total. The highest BCUT2D eigenvalue weighted by atomic mass is 16.6. The van der Waals surface area contributed by atoms with Crippen LogP contribution in [0.25, 0.3) is 0 Å². The molecule has 0 saturated carbocycles. The van der Waals surface area contributed by atoms with Crippen LogP contribution in [0.15, 0.2) is 48.5 Å². The van der Waals surface area contributed by atoms with E-state index in [9.17, 15) is 14.9 Å². The summed E-state index contributed by atoms with van der Waals surface area (Å²) >= 11 is 0. The van der Waals surface area contributed by atoms with Gasteiger partial charge in [0.25, 0.3) is 5.91 Å². The van der Waals surface area contributed by atoms with E-state index >= 15 is 0 Å². The molecule has 0 atom stereocenters. The van der Waals surface area contributed by atoms with E-state index in [1.165, 1.54) is 18.2 Å². The maximum absolute atomic E-state index is 11.7. The first-order chi connectivity index (χ1) is 12.1. The largest absolute Gasteiger partial charge is 0.493 e. The average Bonchev–Trinajstić information content (AvgIpc) is 2.64. The van der Waals surface area contributed by atoms with Gasteiger partial charge in [-0.2, -0.15) is 0 Å². The Morgan fingerprint density at radius 2 is 1.68 bits per heavy atom. The number of carbonyl (C=O) groups excluding carboxylic acids is 1. The Labute approximate surface area is 144 Å². The van der Waals surface area contributed by atoms with E-state index in [4.69, 9.17) is 14.2 Å². The molecule has 1 N–H and O–H groups in total. The molecule has 8 heteroatoms. The van der Waals surface area contributed by atoms with Crippen LogP contribution < -0.4 is 19.5 Å². The van der Waals surface area contributed by atoms with Crippen LogP contribution in [0, 0.1) is 10.1 Å². The summed E-state index contributed by atoms with van der Waals surface area (Å²) < 4.78 is 15.9. The summed E-state index contributed by atoms with van der Waals surface area (Å²) in [7, 11) is 1.55. The van der Waals surface area contributed by atoms with Crippen molar-refractivity contribution in [2.45, 2.75) is 0 Å². The van der Waals surface area contributed by atoms with Crippen LogP contribution in [0.3, 0.4) is 0 Å². The molecule has 0 unspecified atom stereocenters. The van der Waals surface area contributed by atoms with Gasteiger partial charge in [-0.25, -0.2) is 0 Å². The molecule has 0 spiro atoms. The van der Waals surface area contributed by atoms with Gasteiger partial charge in [-0.15, -0.1) is 0 Å². The minimum absolute atomic E-state index is 0.0490. The Bertz CT molecular complexity index is 735. The predicted molar refractivity (Wildman–Crippen MR) is 90.1 cm³/mol. The SMILES string of the molecule is COc1ccccc1OCCNC(=O)COc1ccccc1[N+](=O)[O-]. The standard InChI is InChI=1S/C17H18N2O6/c1-23-15-8-4-5-9-16(15)24-11-10-18-17(20)12-25-14-7-3-2-6-13(14)19(21)22/h2-9H,10-12H2,1H3,(H,18,20). The normalized spacial score (nSPS) is 9.96. The van der Waals surface area contributed by atoms with Crippen molar-refractivity contribution in [2.75, 3.05) is 26.9 Å². The molecule has 2 aromatic rings. The van der Waals surface area contributed by atoms with Gasteiger partial charge in [0, 0.05) is 6.07 Å². The molecular weight excluding hydrogens is 328 g/mol. The molecule has 0 aliphatic rings. The molecule has 132 valence electrons. The van der Waals surface area contributed by atoms with Gasteiger partial charge in [-0.1, -0.05) is 24.3 Å². The Kier molecular flexibility index (Phi) is 6.58. The van der Waals surface area contributed by atoms with Crippen molar-refractivity contribution in [3.8, 4) is 17.2 Å². The molecule has 25 heavy (non-hydrogen) atoms. The lowest BCUT2D eigenvalue weighted by molar-refractivity contribution is -0.385. The number of nitro benzene ring substituents is 1. The van der Waals surface area contributed by atoms with Crippen molar-refractivity contribution in [3.63, 3.8) is 0 Å². The molecule has 0 fully saturated rings. The number of rotatable bonds is 9. The van der Waals surface area contributed by atoms with Crippen LogP contribution in [0.4, 0.5) is 5.69 Å². The van der Waals surface area contributed by atoms with Crippen molar-refractivity contribution < 1.29 is 23.9 Å². The zero-order valence-corrected chi connectivity index (χ0v) is 13.6. The monoisotopic (exact) mass is 346 g/mol. The van der Waals surface area contributed by atoms with Crippen LogP contribution in [0.1, 0.15) is 0 Å². The smallest absolute Gasteiger partial charge is 0.310 e. The summed E-state index contributed by atoms with van der Waals surface area (Å²) in [5.74, 6) is 0.832. The quantitative estimate of drug-likeness (QED) is 0.424. The zero-order valence-electron chi connectivity index (χ0n) is 13.6. The van der Waals surface area contributed by atoms with E-state index in [1.807, 2.05) is 12.1 Å². The zero-order chi connectivity index (χ0) is 18.1. The Morgan fingerprint density at radius 3 is 2.36 bits per heavy atom. The van der Waals surface area contributed by atoms with Crippen LogP contribution in [-0.2, 0) is 4.79 Å². The predicted octanol–water partition coefficient (Wildman–Crippen LogP) is 2.18. The van der Waals surface area contributed by atoms with E-state index in [0.717, 1.165) is 0 Å². The molecule has 0 aliphatic carbocycles. The van der Waals surface area contributed by atoms with Gasteiger partial charge in [0.15, 0.2) is 23.9 Å². The summed E-state index contributed by atoms with van der Waals surface area (Å²) in [4.78, 5) is 22.0. The first kappa shape index (κ1) is 18.1. The van der Waals surface area contributed by atoms with Crippen molar-refractivity contribution in [2.24, 2.45) is 0 Å². The van der Waals surface area contributed by atoms with Crippen LogP contribution in [0.2, 0.25) is 0 Å². The molecule has 0 bridgehead atoms. The van der Waals surface area contributed by atoms with Gasteiger partial charge in [0.05, 0.1) is 18.6 Å². The average molecular weight is 346 g/mol. The number of hydrogen-bond donors (Lipinski definition) is 1. The summed E-state index contributed by atoms with van der Waals surface area (Å²) in [6, 6.07) is 13.1. The first-order valence-corrected chi connectivity index (χ1v) is 7.50. The summed E-state index contributed by atoms with van der Waals surface area (Å²) in [5, 5.41) is 13.5. The van der Waals surface area contributed by atoms with Crippen LogP contribution in [-0.4, -0.2) is 37.7 Å². The second kappa shape index (κ2) is 9.11. The molecule has 0 saturated heterocycles. The lowest BCUT2D eigenvalue weighted by atomic mass is 10.3. The fourth-order valence-electron chi connectivity index (χ4n) is 2.01. The Morgan fingerprint density at radius 1 is 1.04 bits per heavy atom. The number of nitrogens with zero attached hydrogens (tertiary/aromatic N) is 1. The number of para-hydroxylation sites is 4. The number of benzene rings is 2. The third-order valence-electron chi connectivity index (χ3n) is 3.17. The fourth-order valence-corrected chi connectivity index (χ4v) is 2.01. The van der Waals surface area contributed by atoms with Gasteiger partial charge in [-0.3, -0.25) is 14.9 Å². The highest BCUT2D eigenvalue weighted by molar-refractivity contribution is 5.77. The van der Waals surface area contributed by atoms with Gasteiger partial charge in [0.1, 0.15) is 6.61 Å². The number of ether oxygens (including phenoxy) is 3.